The summed E-state index contributed by atoms with van der Waals surface area (Å²) in [6, 6.07) is 7.50. The van der Waals surface area contributed by atoms with Crippen LogP contribution in [0.1, 0.15) is 34.1 Å². The maximum Gasteiger partial charge on any atom is 0.224 e. The summed E-state index contributed by atoms with van der Waals surface area (Å²) in [6.07, 6.45) is 0.547. The summed E-state index contributed by atoms with van der Waals surface area (Å²) in [4.78, 5) is 11.6. The number of hydrogen-bond acceptors (Lipinski definition) is 2. The van der Waals surface area contributed by atoms with Gasteiger partial charge in [0.1, 0.15) is 5.75 Å². The quantitative estimate of drug-likeness (QED) is 0.834. The number of ether oxygens (including phenoxy) is 1. The van der Waals surface area contributed by atoms with Crippen LogP contribution in [-0.2, 0) is 4.79 Å². The average Bonchev–Trinajstić information content (AvgIpc) is 2.26. The lowest BCUT2D eigenvalue weighted by molar-refractivity contribution is -0.116. The molecule has 0 bridgehead atoms. The van der Waals surface area contributed by atoms with Crippen molar-refractivity contribution in [2.24, 2.45) is 11.8 Å². The second-order valence-corrected chi connectivity index (χ2v) is 5.38. The van der Waals surface area contributed by atoms with Gasteiger partial charge in [0.05, 0.1) is 6.61 Å². The molecule has 18 heavy (non-hydrogen) atoms. The van der Waals surface area contributed by atoms with Crippen LogP contribution >= 0.6 is 0 Å². The standard InChI is InChI=1S/C15H23NO2/c1-11(2)9-15(17)16-13-5-7-14(8-6-13)18-10-12(3)4/h5-8,11-12H,9-10H2,1-4H3,(H,16,17). The number of carbonyl (C=O) groups excluding carboxylic acids is 1. The van der Waals surface area contributed by atoms with Gasteiger partial charge in [-0.2, -0.15) is 0 Å². The monoisotopic (exact) mass is 249 g/mol. The van der Waals surface area contributed by atoms with Crippen LogP contribution in [0, 0.1) is 11.8 Å². The smallest absolute Gasteiger partial charge is 0.224 e. The highest BCUT2D eigenvalue weighted by Gasteiger charge is 2.05. The van der Waals surface area contributed by atoms with E-state index < -0.39 is 0 Å². The minimum absolute atomic E-state index is 0.0563. The number of nitrogens with one attached hydrogen (secondary N) is 1. The molecule has 3 nitrogen and oxygen atoms in total. The highest BCUT2D eigenvalue weighted by molar-refractivity contribution is 5.90. The molecule has 1 rings (SSSR count). The van der Waals surface area contributed by atoms with E-state index in [0.29, 0.717) is 24.9 Å². The molecule has 100 valence electrons. The zero-order valence-corrected chi connectivity index (χ0v) is 11.7. The summed E-state index contributed by atoms with van der Waals surface area (Å²) in [6.45, 7) is 8.99. The van der Waals surface area contributed by atoms with Crippen LogP contribution in [0.3, 0.4) is 0 Å². The lowest BCUT2D eigenvalue weighted by Gasteiger charge is -2.10. The van der Waals surface area contributed by atoms with E-state index in [1.165, 1.54) is 0 Å². The molecule has 0 heterocycles. The minimum atomic E-state index is 0.0563. The third-order valence-electron chi connectivity index (χ3n) is 2.32. The van der Waals surface area contributed by atoms with Gasteiger partial charge in [0.15, 0.2) is 0 Å². The third-order valence-corrected chi connectivity index (χ3v) is 2.32. The normalized spacial score (nSPS) is 10.8. The van der Waals surface area contributed by atoms with Crippen LogP contribution in [0.4, 0.5) is 5.69 Å². The molecule has 0 spiro atoms. The molecule has 1 aromatic rings. The Hall–Kier alpha value is -1.51. The Morgan fingerprint density at radius 1 is 1.11 bits per heavy atom. The Labute approximate surface area is 110 Å². The van der Waals surface area contributed by atoms with Gasteiger partial charge in [0.25, 0.3) is 0 Å². The summed E-state index contributed by atoms with van der Waals surface area (Å²) in [5, 5.41) is 2.87. The van der Waals surface area contributed by atoms with Crippen LogP contribution in [0.25, 0.3) is 0 Å². The fourth-order valence-electron chi connectivity index (χ4n) is 1.48. The number of carbonyl (C=O) groups is 1. The number of benzene rings is 1. The molecule has 1 N–H and O–H groups in total. The van der Waals surface area contributed by atoms with Crippen LogP contribution in [0.2, 0.25) is 0 Å². The first-order chi connectivity index (χ1) is 8.47. The number of rotatable bonds is 6. The summed E-state index contributed by atoms with van der Waals surface area (Å²) >= 11 is 0. The average molecular weight is 249 g/mol. The van der Waals surface area contributed by atoms with Gasteiger partial charge in [-0.3, -0.25) is 4.79 Å². The molecular formula is C15H23NO2. The molecular weight excluding hydrogens is 226 g/mol. The minimum Gasteiger partial charge on any atom is -0.493 e. The van der Waals surface area contributed by atoms with Crippen LogP contribution in [-0.4, -0.2) is 12.5 Å². The molecule has 0 fully saturated rings. The highest BCUT2D eigenvalue weighted by Crippen LogP contribution is 2.17. The molecule has 0 saturated heterocycles. The van der Waals surface area contributed by atoms with Crippen molar-refractivity contribution in [1.29, 1.82) is 0 Å². The number of anilines is 1. The van der Waals surface area contributed by atoms with Crippen LogP contribution in [0.15, 0.2) is 24.3 Å². The Balaban J connectivity index is 2.47. The van der Waals surface area contributed by atoms with Crippen molar-refractivity contribution in [3.63, 3.8) is 0 Å². The predicted molar refractivity (Wildman–Crippen MR) is 74.9 cm³/mol. The van der Waals surface area contributed by atoms with E-state index in [1.807, 2.05) is 38.1 Å². The van der Waals surface area contributed by atoms with Crippen molar-refractivity contribution in [2.45, 2.75) is 34.1 Å². The van der Waals surface area contributed by atoms with Gasteiger partial charge < -0.3 is 10.1 Å². The summed E-state index contributed by atoms with van der Waals surface area (Å²) < 4.78 is 5.58. The van der Waals surface area contributed by atoms with Crippen molar-refractivity contribution < 1.29 is 9.53 Å². The lowest BCUT2D eigenvalue weighted by atomic mass is 10.1. The SMILES string of the molecule is CC(C)COc1ccc(NC(=O)CC(C)C)cc1. The zero-order chi connectivity index (χ0) is 13.5. The van der Waals surface area contributed by atoms with Crippen molar-refractivity contribution in [2.75, 3.05) is 11.9 Å². The fourth-order valence-corrected chi connectivity index (χ4v) is 1.48. The number of amides is 1. The van der Waals surface area contributed by atoms with Crippen LogP contribution < -0.4 is 10.1 Å². The first-order valence-corrected chi connectivity index (χ1v) is 6.50. The first kappa shape index (κ1) is 14.6. The van der Waals surface area contributed by atoms with E-state index >= 15 is 0 Å². The molecule has 0 aliphatic carbocycles. The van der Waals surface area contributed by atoms with E-state index in [9.17, 15) is 4.79 Å². The number of hydrogen-bond donors (Lipinski definition) is 1. The molecule has 0 aliphatic rings. The van der Waals surface area contributed by atoms with Gasteiger partial charge in [-0.15, -0.1) is 0 Å². The Morgan fingerprint density at radius 2 is 1.72 bits per heavy atom. The van der Waals surface area contributed by atoms with Crippen LogP contribution in [0.5, 0.6) is 5.75 Å². The molecule has 0 unspecified atom stereocenters. The molecule has 0 radical (unpaired) electrons. The third kappa shape index (κ3) is 5.71. The molecule has 3 heteroatoms. The maximum atomic E-state index is 11.6. The van der Waals surface area contributed by atoms with E-state index in [4.69, 9.17) is 4.74 Å². The van der Waals surface area contributed by atoms with Gasteiger partial charge >= 0.3 is 0 Å². The Bertz CT molecular complexity index is 369. The molecule has 0 atom stereocenters. The van der Waals surface area contributed by atoms with E-state index in [2.05, 4.69) is 19.2 Å². The lowest BCUT2D eigenvalue weighted by Crippen LogP contribution is -2.13. The van der Waals surface area contributed by atoms with Gasteiger partial charge in [-0.05, 0) is 36.1 Å². The molecule has 0 aliphatic heterocycles. The van der Waals surface area contributed by atoms with Gasteiger partial charge in [-0.1, -0.05) is 27.7 Å². The summed E-state index contributed by atoms with van der Waals surface area (Å²) in [5.74, 6) is 1.78. The Morgan fingerprint density at radius 3 is 2.22 bits per heavy atom. The van der Waals surface area contributed by atoms with Crippen molar-refractivity contribution in [3.05, 3.63) is 24.3 Å². The van der Waals surface area contributed by atoms with Gasteiger partial charge in [0, 0.05) is 12.1 Å². The molecule has 1 aromatic carbocycles. The molecule has 0 saturated carbocycles. The Kier molecular flexibility index (Phi) is 5.69. The fraction of sp³-hybridized carbons (Fsp3) is 0.533. The maximum absolute atomic E-state index is 11.6. The van der Waals surface area contributed by atoms with E-state index in [1.54, 1.807) is 0 Å². The predicted octanol–water partition coefficient (Wildman–Crippen LogP) is 3.71. The molecule has 1 amide bonds. The van der Waals surface area contributed by atoms with E-state index in [-0.39, 0.29) is 5.91 Å². The highest BCUT2D eigenvalue weighted by atomic mass is 16.5. The molecule has 0 aromatic heterocycles. The first-order valence-electron chi connectivity index (χ1n) is 6.50. The summed E-state index contributed by atoms with van der Waals surface area (Å²) in [5.41, 5.74) is 0.817. The van der Waals surface area contributed by atoms with Crippen molar-refractivity contribution >= 4 is 11.6 Å². The largest absolute Gasteiger partial charge is 0.493 e. The topological polar surface area (TPSA) is 38.3 Å². The zero-order valence-electron chi connectivity index (χ0n) is 11.7. The second-order valence-electron chi connectivity index (χ2n) is 5.38. The van der Waals surface area contributed by atoms with Crippen molar-refractivity contribution in [3.8, 4) is 5.75 Å². The van der Waals surface area contributed by atoms with Gasteiger partial charge in [-0.25, -0.2) is 0 Å². The van der Waals surface area contributed by atoms with E-state index in [0.717, 1.165) is 11.4 Å². The summed E-state index contributed by atoms with van der Waals surface area (Å²) in [7, 11) is 0. The second kappa shape index (κ2) is 7.04. The van der Waals surface area contributed by atoms with Gasteiger partial charge in [0.2, 0.25) is 5.91 Å². The van der Waals surface area contributed by atoms with Crippen molar-refractivity contribution in [1.82, 2.24) is 0 Å².